The molecule has 3 heteroatoms. The zero-order valence-corrected chi connectivity index (χ0v) is 8.23. The second-order valence-electron chi connectivity index (χ2n) is 3.69. The minimum atomic E-state index is 0.316. The molecule has 1 fully saturated rings. The molecule has 2 atom stereocenters. The van der Waals surface area contributed by atoms with Gasteiger partial charge in [0.2, 0.25) is 0 Å². The third-order valence-corrected chi connectivity index (χ3v) is 2.70. The van der Waals surface area contributed by atoms with Crippen LogP contribution in [-0.2, 0) is 4.74 Å². The standard InChI is InChI=1S/C11H15NO2/c1-14-7-9-6-12-11(9)8-2-4-10(13)5-3-8/h2-5,9,11-13H,6-7H2,1H3. The summed E-state index contributed by atoms with van der Waals surface area (Å²) in [5, 5.41) is 12.5. The van der Waals surface area contributed by atoms with Crippen molar-refractivity contribution in [2.75, 3.05) is 20.3 Å². The molecule has 1 heterocycles. The summed E-state index contributed by atoms with van der Waals surface area (Å²) in [5.41, 5.74) is 1.22. The first-order valence-corrected chi connectivity index (χ1v) is 4.82. The molecule has 0 spiro atoms. The van der Waals surface area contributed by atoms with Gasteiger partial charge in [-0.25, -0.2) is 0 Å². The summed E-state index contributed by atoms with van der Waals surface area (Å²) in [6, 6.07) is 7.73. The minimum absolute atomic E-state index is 0.316. The van der Waals surface area contributed by atoms with Crippen LogP contribution in [0.1, 0.15) is 11.6 Å². The van der Waals surface area contributed by atoms with E-state index in [2.05, 4.69) is 5.32 Å². The smallest absolute Gasteiger partial charge is 0.115 e. The zero-order chi connectivity index (χ0) is 9.97. The Hall–Kier alpha value is -1.06. The average molecular weight is 193 g/mol. The maximum Gasteiger partial charge on any atom is 0.115 e. The van der Waals surface area contributed by atoms with E-state index in [0.29, 0.717) is 17.7 Å². The summed E-state index contributed by atoms with van der Waals surface area (Å²) in [6.45, 7) is 1.80. The Morgan fingerprint density at radius 1 is 1.43 bits per heavy atom. The molecule has 0 radical (unpaired) electrons. The van der Waals surface area contributed by atoms with Gasteiger partial charge in [-0.05, 0) is 17.7 Å². The van der Waals surface area contributed by atoms with E-state index >= 15 is 0 Å². The van der Waals surface area contributed by atoms with Gasteiger partial charge in [-0.2, -0.15) is 0 Å². The normalized spacial score (nSPS) is 25.8. The van der Waals surface area contributed by atoms with Gasteiger partial charge < -0.3 is 15.2 Å². The highest BCUT2D eigenvalue weighted by molar-refractivity contribution is 5.29. The van der Waals surface area contributed by atoms with Crippen molar-refractivity contribution in [1.82, 2.24) is 5.32 Å². The Morgan fingerprint density at radius 3 is 2.64 bits per heavy atom. The van der Waals surface area contributed by atoms with Gasteiger partial charge in [0.05, 0.1) is 6.61 Å². The number of aromatic hydroxyl groups is 1. The number of ether oxygens (including phenoxy) is 1. The van der Waals surface area contributed by atoms with Gasteiger partial charge in [-0.15, -0.1) is 0 Å². The van der Waals surface area contributed by atoms with Crippen molar-refractivity contribution < 1.29 is 9.84 Å². The maximum absolute atomic E-state index is 9.15. The molecule has 1 aliphatic heterocycles. The summed E-state index contributed by atoms with van der Waals surface area (Å²) in [4.78, 5) is 0. The summed E-state index contributed by atoms with van der Waals surface area (Å²) in [6.07, 6.45) is 0. The van der Waals surface area contributed by atoms with Crippen LogP contribution in [0.3, 0.4) is 0 Å². The predicted octanol–water partition coefficient (Wildman–Crippen LogP) is 1.30. The molecule has 14 heavy (non-hydrogen) atoms. The molecule has 0 aromatic heterocycles. The molecule has 2 unspecified atom stereocenters. The fourth-order valence-electron chi connectivity index (χ4n) is 1.84. The van der Waals surface area contributed by atoms with E-state index in [-0.39, 0.29) is 0 Å². The molecule has 0 aliphatic carbocycles. The van der Waals surface area contributed by atoms with E-state index in [0.717, 1.165) is 13.2 Å². The zero-order valence-electron chi connectivity index (χ0n) is 8.23. The third-order valence-electron chi connectivity index (χ3n) is 2.70. The Morgan fingerprint density at radius 2 is 2.14 bits per heavy atom. The number of rotatable bonds is 3. The fraction of sp³-hybridized carbons (Fsp3) is 0.455. The molecule has 0 amide bonds. The molecule has 2 rings (SSSR count). The van der Waals surface area contributed by atoms with Gasteiger partial charge in [0.25, 0.3) is 0 Å². The predicted molar refractivity (Wildman–Crippen MR) is 54.2 cm³/mol. The highest BCUT2D eigenvalue weighted by Gasteiger charge is 2.31. The Balaban J connectivity index is 2.04. The van der Waals surface area contributed by atoms with E-state index < -0.39 is 0 Å². The number of benzene rings is 1. The van der Waals surface area contributed by atoms with Crippen LogP contribution in [0.2, 0.25) is 0 Å². The molecule has 1 aromatic carbocycles. The first-order valence-electron chi connectivity index (χ1n) is 4.82. The molecule has 0 saturated carbocycles. The Labute approximate surface area is 83.7 Å². The first kappa shape index (κ1) is 9.49. The molecular formula is C11H15NO2. The van der Waals surface area contributed by atoms with Gasteiger partial charge >= 0.3 is 0 Å². The Bertz CT molecular complexity index is 297. The van der Waals surface area contributed by atoms with Crippen LogP contribution in [0.25, 0.3) is 0 Å². The topological polar surface area (TPSA) is 41.5 Å². The number of phenolic OH excluding ortho intramolecular Hbond substituents is 1. The summed E-state index contributed by atoms with van der Waals surface area (Å²) in [7, 11) is 1.73. The first-order chi connectivity index (χ1) is 6.81. The highest BCUT2D eigenvalue weighted by Crippen LogP contribution is 2.30. The van der Waals surface area contributed by atoms with Crippen molar-refractivity contribution in [2.45, 2.75) is 6.04 Å². The number of methoxy groups -OCH3 is 1. The second kappa shape index (κ2) is 3.98. The Kier molecular flexibility index (Phi) is 2.70. The summed E-state index contributed by atoms with van der Waals surface area (Å²) < 4.78 is 5.13. The van der Waals surface area contributed by atoms with Crippen molar-refractivity contribution in [2.24, 2.45) is 5.92 Å². The van der Waals surface area contributed by atoms with E-state index in [4.69, 9.17) is 9.84 Å². The molecule has 1 aromatic rings. The van der Waals surface area contributed by atoms with Gasteiger partial charge in [0.15, 0.2) is 0 Å². The number of hydrogen-bond acceptors (Lipinski definition) is 3. The van der Waals surface area contributed by atoms with Crippen LogP contribution in [0.5, 0.6) is 5.75 Å². The van der Waals surface area contributed by atoms with Crippen molar-refractivity contribution in [3.8, 4) is 5.75 Å². The van der Waals surface area contributed by atoms with Crippen LogP contribution in [-0.4, -0.2) is 25.4 Å². The number of nitrogens with one attached hydrogen (secondary N) is 1. The number of hydrogen-bond donors (Lipinski definition) is 2. The SMILES string of the molecule is COCC1CNC1c1ccc(O)cc1. The van der Waals surface area contributed by atoms with Crippen LogP contribution in [0.15, 0.2) is 24.3 Å². The van der Waals surface area contributed by atoms with Crippen molar-refractivity contribution in [3.63, 3.8) is 0 Å². The van der Waals surface area contributed by atoms with Gasteiger partial charge in [-0.3, -0.25) is 0 Å². The monoisotopic (exact) mass is 193 g/mol. The van der Waals surface area contributed by atoms with E-state index in [1.807, 2.05) is 12.1 Å². The second-order valence-corrected chi connectivity index (χ2v) is 3.69. The van der Waals surface area contributed by atoms with Crippen molar-refractivity contribution in [3.05, 3.63) is 29.8 Å². The van der Waals surface area contributed by atoms with Gasteiger partial charge in [-0.1, -0.05) is 12.1 Å². The lowest BCUT2D eigenvalue weighted by Gasteiger charge is -2.38. The third kappa shape index (κ3) is 1.74. The van der Waals surface area contributed by atoms with E-state index in [1.165, 1.54) is 5.56 Å². The molecule has 3 nitrogen and oxygen atoms in total. The van der Waals surface area contributed by atoms with Crippen molar-refractivity contribution >= 4 is 0 Å². The van der Waals surface area contributed by atoms with Gasteiger partial charge in [0.1, 0.15) is 5.75 Å². The lowest BCUT2D eigenvalue weighted by atomic mass is 9.87. The van der Waals surface area contributed by atoms with Crippen LogP contribution >= 0.6 is 0 Å². The molecule has 0 bridgehead atoms. The quantitative estimate of drug-likeness (QED) is 0.760. The minimum Gasteiger partial charge on any atom is -0.508 e. The molecule has 1 aliphatic rings. The van der Waals surface area contributed by atoms with E-state index in [9.17, 15) is 0 Å². The molecule has 1 saturated heterocycles. The molecule has 76 valence electrons. The van der Waals surface area contributed by atoms with Crippen LogP contribution in [0, 0.1) is 5.92 Å². The summed E-state index contributed by atoms with van der Waals surface area (Å²) >= 11 is 0. The lowest BCUT2D eigenvalue weighted by molar-refractivity contribution is 0.0883. The molecule has 2 N–H and O–H groups in total. The van der Waals surface area contributed by atoms with Crippen molar-refractivity contribution in [1.29, 1.82) is 0 Å². The highest BCUT2D eigenvalue weighted by atomic mass is 16.5. The molecular weight excluding hydrogens is 178 g/mol. The maximum atomic E-state index is 9.15. The summed E-state index contributed by atoms with van der Waals surface area (Å²) in [5.74, 6) is 0.876. The lowest BCUT2D eigenvalue weighted by Crippen LogP contribution is -2.47. The van der Waals surface area contributed by atoms with Gasteiger partial charge in [0, 0.05) is 25.6 Å². The van der Waals surface area contributed by atoms with Crippen LogP contribution in [0.4, 0.5) is 0 Å². The average Bonchev–Trinajstić information content (AvgIpc) is 2.16. The van der Waals surface area contributed by atoms with E-state index in [1.54, 1.807) is 19.2 Å². The fourth-order valence-corrected chi connectivity index (χ4v) is 1.84. The van der Waals surface area contributed by atoms with Crippen LogP contribution < -0.4 is 5.32 Å². The number of phenols is 1. The largest absolute Gasteiger partial charge is 0.508 e.